The van der Waals surface area contributed by atoms with Gasteiger partial charge in [-0.15, -0.1) is 0 Å². The van der Waals surface area contributed by atoms with Crippen molar-refractivity contribution in [1.82, 2.24) is 4.90 Å². The fourth-order valence-electron chi connectivity index (χ4n) is 3.42. The molecule has 158 valence electrons. The molecule has 1 heterocycles. The van der Waals surface area contributed by atoms with Gasteiger partial charge in [0.25, 0.3) is 0 Å². The molecule has 3 rings (SSSR count). The molecule has 0 radical (unpaired) electrons. The first kappa shape index (κ1) is 21.4. The van der Waals surface area contributed by atoms with Crippen molar-refractivity contribution in [3.05, 3.63) is 59.7 Å². The van der Waals surface area contributed by atoms with Crippen molar-refractivity contribution >= 4 is 17.7 Å². The van der Waals surface area contributed by atoms with Gasteiger partial charge < -0.3 is 19.1 Å². The smallest absolute Gasteiger partial charge is 0.311 e. The van der Waals surface area contributed by atoms with Crippen LogP contribution in [0.4, 0.5) is 0 Å². The number of Topliss-reactive ketones (excluding diaryl/α,β-unsaturated/α-hetero) is 1. The van der Waals surface area contributed by atoms with E-state index in [1.54, 1.807) is 23.1 Å². The lowest BCUT2D eigenvalue weighted by Crippen LogP contribution is -2.29. The van der Waals surface area contributed by atoms with Gasteiger partial charge in [-0.25, -0.2) is 0 Å². The third-order valence-electron chi connectivity index (χ3n) is 5.12. The average molecular weight is 411 g/mol. The maximum Gasteiger partial charge on any atom is 0.311 e. The summed E-state index contributed by atoms with van der Waals surface area (Å²) < 4.78 is 15.5. The molecule has 1 aliphatic rings. The summed E-state index contributed by atoms with van der Waals surface area (Å²) in [5.74, 6) is -0.645. The summed E-state index contributed by atoms with van der Waals surface area (Å²) in [6, 6.07) is 14.7. The Morgan fingerprint density at radius 1 is 1.07 bits per heavy atom. The Morgan fingerprint density at radius 3 is 2.53 bits per heavy atom. The van der Waals surface area contributed by atoms with Crippen molar-refractivity contribution in [1.29, 1.82) is 0 Å². The third kappa shape index (κ3) is 5.17. The topological polar surface area (TPSA) is 82.1 Å². The molecule has 0 saturated carbocycles. The first-order valence-corrected chi connectivity index (χ1v) is 9.75. The summed E-state index contributed by atoms with van der Waals surface area (Å²) in [5.41, 5.74) is 1.44. The minimum Gasteiger partial charge on any atom is -0.497 e. The van der Waals surface area contributed by atoms with E-state index < -0.39 is 18.5 Å². The van der Waals surface area contributed by atoms with Crippen molar-refractivity contribution in [2.45, 2.75) is 12.8 Å². The molecule has 0 aliphatic carbocycles. The number of rotatable bonds is 9. The van der Waals surface area contributed by atoms with E-state index >= 15 is 0 Å². The van der Waals surface area contributed by atoms with Crippen LogP contribution in [0.25, 0.3) is 0 Å². The van der Waals surface area contributed by atoms with Crippen LogP contribution in [0, 0.1) is 5.92 Å². The predicted octanol–water partition coefficient (Wildman–Crippen LogP) is 2.52. The lowest BCUT2D eigenvalue weighted by Gasteiger charge is -2.16. The minimum atomic E-state index is -0.557. The number of likely N-dealkylation sites (tertiary alicyclic amines) is 1. The molecule has 2 aromatic carbocycles. The van der Waals surface area contributed by atoms with Crippen molar-refractivity contribution in [3.8, 4) is 11.5 Å². The summed E-state index contributed by atoms with van der Waals surface area (Å²) in [5, 5.41) is 0. The van der Waals surface area contributed by atoms with Gasteiger partial charge in [-0.3, -0.25) is 14.4 Å². The van der Waals surface area contributed by atoms with E-state index in [1.165, 1.54) is 14.2 Å². The molecule has 0 N–H and O–H groups in total. The average Bonchev–Trinajstić information content (AvgIpc) is 3.16. The zero-order chi connectivity index (χ0) is 21.5. The number of hydrogen-bond donors (Lipinski definition) is 0. The second kappa shape index (κ2) is 9.91. The normalized spacial score (nSPS) is 15.7. The Hall–Kier alpha value is -3.35. The Balaban J connectivity index is 1.51. The molecule has 1 saturated heterocycles. The van der Waals surface area contributed by atoms with Gasteiger partial charge in [0.05, 0.1) is 25.7 Å². The van der Waals surface area contributed by atoms with Crippen molar-refractivity contribution in [2.75, 3.05) is 33.9 Å². The molecule has 1 fully saturated rings. The summed E-state index contributed by atoms with van der Waals surface area (Å²) in [4.78, 5) is 38.8. The van der Waals surface area contributed by atoms with Gasteiger partial charge in [-0.05, 0) is 24.1 Å². The zero-order valence-corrected chi connectivity index (χ0v) is 17.1. The highest BCUT2D eigenvalue weighted by Gasteiger charge is 2.35. The highest BCUT2D eigenvalue weighted by Crippen LogP contribution is 2.25. The van der Waals surface area contributed by atoms with E-state index in [1.807, 2.05) is 30.3 Å². The van der Waals surface area contributed by atoms with Gasteiger partial charge in [0, 0.05) is 25.6 Å². The monoisotopic (exact) mass is 411 g/mol. The van der Waals surface area contributed by atoms with E-state index in [9.17, 15) is 14.4 Å². The molecular weight excluding hydrogens is 386 g/mol. The predicted molar refractivity (Wildman–Crippen MR) is 110 cm³/mol. The van der Waals surface area contributed by atoms with Crippen LogP contribution in [-0.2, 0) is 20.7 Å². The van der Waals surface area contributed by atoms with Gasteiger partial charge in [-0.2, -0.15) is 0 Å². The van der Waals surface area contributed by atoms with Crippen LogP contribution in [0.5, 0.6) is 11.5 Å². The second-order valence-corrected chi connectivity index (χ2v) is 7.07. The van der Waals surface area contributed by atoms with Crippen LogP contribution in [0.15, 0.2) is 48.5 Å². The number of ketones is 1. The van der Waals surface area contributed by atoms with Crippen LogP contribution in [0.1, 0.15) is 22.3 Å². The number of carbonyl (C=O) groups is 3. The van der Waals surface area contributed by atoms with Gasteiger partial charge in [0.2, 0.25) is 11.7 Å². The lowest BCUT2D eigenvalue weighted by atomic mass is 10.1. The number of benzene rings is 2. The van der Waals surface area contributed by atoms with Gasteiger partial charge in [0.15, 0.2) is 6.61 Å². The summed E-state index contributed by atoms with van der Waals surface area (Å²) in [6.07, 6.45) is 0.831. The van der Waals surface area contributed by atoms with Crippen LogP contribution in [0.2, 0.25) is 0 Å². The standard InChI is InChI=1S/C23H25NO6/c1-28-18-8-9-19(21(13-18)29-2)20(25)15-30-23(27)17-12-22(26)24(14-17)11-10-16-6-4-3-5-7-16/h3-9,13,17H,10-12,14-15H2,1-2H3/t17-/m0/s1. The molecule has 1 amide bonds. The van der Waals surface area contributed by atoms with Crippen molar-refractivity contribution < 1.29 is 28.6 Å². The van der Waals surface area contributed by atoms with Crippen LogP contribution in [-0.4, -0.2) is 56.5 Å². The molecule has 30 heavy (non-hydrogen) atoms. The number of carbonyl (C=O) groups excluding carboxylic acids is 3. The molecule has 1 atom stereocenters. The van der Waals surface area contributed by atoms with E-state index in [0.717, 1.165) is 12.0 Å². The molecular formula is C23H25NO6. The number of nitrogens with zero attached hydrogens (tertiary/aromatic N) is 1. The van der Waals surface area contributed by atoms with Gasteiger partial charge >= 0.3 is 5.97 Å². The Labute approximate surface area is 175 Å². The Bertz CT molecular complexity index is 911. The fourth-order valence-corrected chi connectivity index (χ4v) is 3.42. The number of hydrogen-bond acceptors (Lipinski definition) is 6. The number of esters is 1. The molecule has 7 nitrogen and oxygen atoms in total. The van der Waals surface area contributed by atoms with E-state index in [0.29, 0.717) is 30.2 Å². The quantitative estimate of drug-likeness (QED) is 0.466. The summed E-state index contributed by atoms with van der Waals surface area (Å²) in [6.45, 7) is 0.454. The van der Waals surface area contributed by atoms with Gasteiger partial charge in [-0.1, -0.05) is 30.3 Å². The van der Waals surface area contributed by atoms with Crippen molar-refractivity contribution in [2.24, 2.45) is 5.92 Å². The molecule has 2 aromatic rings. The Kier molecular flexibility index (Phi) is 7.06. The van der Waals surface area contributed by atoms with Crippen molar-refractivity contribution in [3.63, 3.8) is 0 Å². The first-order chi connectivity index (χ1) is 14.5. The first-order valence-electron chi connectivity index (χ1n) is 9.75. The lowest BCUT2D eigenvalue weighted by molar-refractivity contribution is -0.147. The summed E-state index contributed by atoms with van der Waals surface area (Å²) >= 11 is 0. The van der Waals surface area contributed by atoms with E-state index in [2.05, 4.69) is 0 Å². The number of methoxy groups -OCH3 is 2. The number of amides is 1. The SMILES string of the molecule is COc1ccc(C(=O)COC(=O)[C@H]2CC(=O)N(CCc3ccccc3)C2)c(OC)c1. The van der Waals surface area contributed by atoms with Crippen LogP contribution >= 0.6 is 0 Å². The maximum atomic E-state index is 12.5. The fraction of sp³-hybridized carbons (Fsp3) is 0.348. The van der Waals surface area contributed by atoms with Crippen LogP contribution < -0.4 is 9.47 Å². The molecule has 0 aromatic heterocycles. The maximum absolute atomic E-state index is 12.5. The van der Waals surface area contributed by atoms with Gasteiger partial charge in [0.1, 0.15) is 11.5 Å². The largest absolute Gasteiger partial charge is 0.497 e. The van der Waals surface area contributed by atoms with E-state index in [-0.39, 0.29) is 18.1 Å². The summed E-state index contributed by atoms with van der Waals surface area (Å²) in [7, 11) is 2.97. The third-order valence-corrected chi connectivity index (χ3v) is 5.12. The molecule has 0 spiro atoms. The van der Waals surface area contributed by atoms with Crippen LogP contribution in [0.3, 0.4) is 0 Å². The van der Waals surface area contributed by atoms with E-state index in [4.69, 9.17) is 14.2 Å². The zero-order valence-electron chi connectivity index (χ0n) is 17.1. The second-order valence-electron chi connectivity index (χ2n) is 7.07. The molecule has 1 aliphatic heterocycles. The number of ether oxygens (including phenoxy) is 3. The highest BCUT2D eigenvalue weighted by molar-refractivity contribution is 6.00. The Morgan fingerprint density at radius 2 is 1.83 bits per heavy atom. The highest BCUT2D eigenvalue weighted by atomic mass is 16.5. The molecule has 0 bridgehead atoms. The molecule has 7 heteroatoms. The molecule has 0 unspecified atom stereocenters. The minimum absolute atomic E-state index is 0.0731.